The van der Waals surface area contributed by atoms with Crippen LogP contribution in [0.1, 0.15) is 51.8 Å². The SMILES string of the molecule is Cc1[nH]c(C=C2C(=O)Nc3ccc(F)cc32)c(C)c1C(=O)Nc1cc(O)n(C2CCOCC2)c1O. The van der Waals surface area contributed by atoms with Gasteiger partial charge in [-0.2, -0.15) is 0 Å². The molecule has 10 heteroatoms. The Labute approximate surface area is 200 Å². The molecule has 9 nitrogen and oxygen atoms in total. The molecule has 4 heterocycles. The minimum absolute atomic E-state index is 0.0958. The van der Waals surface area contributed by atoms with E-state index in [-0.39, 0.29) is 35.0 Å². The molecule has 2 aliphatic rings. The number of rotatable bonds is 4. The lowest BCUT2D eigenvalue weighted by molar-refractivity contribution is -0.110. The molecule has 0 unspecified atom stereocenters. The number of carbonyl (C=O) groups is 2. The van der Waals surface area contributed by atoms with Crippen LogP contribution in [0.5, 0.6) is 11.8 Å². The zero-order chi connectivity index (χ0) is 24.9. The average molecular weight is 480 g/mol. The van der Waals surface area contributed by atoms with Gasteiger partial charge in [0.25, 0.3) is 11.8 Å². The van der Waals surface area contributed by atoms with Gasteiger partial charge in [-0.3, -0.25) is 14.2 Å². The first kappa shape index (κ1) is 22.7. The molecule has 182 valence electrons. The molecule has 5 N–H and O–H groups in total. The van der Waals surface area contributed by atoms with Gasteiger partial charge in [0, 0.05) is 48.0 Å². The molecular weight excluding hydrogens is 455 g/mol. The van der Waals surface area contributed by atoms with Crippen LogP contribution in [0.4, 0.5) is 15.8 Å². The fourth-order valence-corrected chi connectivity index (χ4v) is 4.79. The van der Waals surface area contributed by atoms with Crippen LogP contribution in [-0.4, -0.2) is 44.8 Å². The third-order valence-electron chi connectivity index (χ3n) is 6.55. The number of carbonyl (C=O) groups excluding carboxylic acids is 2. The number of ether oxygens (including phenoxy) is 1. The number of aromatic nitrogens is 2. The Balaban J connectivity index is 1.44. The average Bonchev–Trinajstić information content (AvgIpc) is 3.39. The van der Waals surface area contributed by atoms with Crippen LogP contribution in [0.15, 0.2) is 24.3 Å². The predicted octanol–water partition coefficient (Wildman–Crippen LogP) is 4.08. The van der Waals surface area contributed by atoms with E-state index in [4.69, 9.17) is 4.74 Å². The van der Waals surface area contributed by atoms with Crippen LogP contribution in [0.25, 0.3) is 11.6 Å². The Hall–Kier alpha value is -4.05. The van der Waals surface area contributed by atoms with Crippen molar-refractivity contribution in [1.29, 1.82) is 0 Å². The number of halogens is 1. The number of nitrogens with zero attached hydrogens (tertiary/aromatic N) is 1. The van der Waals surface area contributed by atoms with Gasteiger partial charge in [-0.05, 0) is 56.5 Å². The summed E-state index contributed by atoms with van der Waals surface area (Å²) in [6.45, 7) is 4.50. The Bertz CT molecular complexity index is 1380. The van der Waals surface area contributed by atoms with E-state index in [1.165, 1.54) is 28.8 Å². The fourth-order valence-electron chi connectivity index (χ4n) is 4.79. The fraction of sp³-hybridized carbons (Fsp3) is 0.280. The number of H-pyrrole nitrogens is 1. The quantitative estimate of drug-likeness (QED) is 0.360. The predicted molar refractivity (Wildman–Crippen MR) is 128 cm³/mol. The van der Waals surface area contributed by atoms with Gasteiger partial charge in [-0.15, -0.1) is 0 Å². The first-order valence-electron chi connectivity index (χ1n) is 11.3. The molecule has 1 aromatic carbocycles. The molecular formula is C25H25FN4O5. The minimum Gasteiger partial charge on any atom is -0.494 e. The normalized spacial score (nSPS) is 17.0. The molecule has 1 fully saturated rings. The zero-order valence-corrected chi connectivity index (χ0v) is 19.2. The van der Waals surface area contributed by atoms with E-state index in [0.717, 1.165) is 0 Å². The Morgan fingerprint density at radius 3 is 2.71 bits per heavy atom. The van der Waals surface area contributed by atoms with Crippen molar-refractivity contribution in [3.8, 4) is 11.8 Å². The number of nitrogens with one attached hydrogen (secondary N) is 3. The summed E-state index contributed by atoms with van der Waals surface area (Å²) >= 11 is 0. The third-order valence-corrected chi connectivity index (χ3v) is 6.55. The molecule has 1 saturated heterocycles. The van der Waals surface area contributed by atoms with Crippen molar-refractivity contribution in [1.82, 2.24) is 9.55 Å². The number of aromatic amines is 1. The van der Waals surface area contributed by atoms with E-state index in [1.807, 2.05) is 0 Å². The summed E-state index contributed by atoms with van der Waals surface area (Å²) in [7, 11) is 0. The summed E-state index contributed by atoms with van der Waals surface area (Å²) in [6, 6.07) is 5.25. The molecule has 2 aliphatic heterocycles. The molecule has 0 atom stereocenters. The number of aromatic hydroxyl groups is 2. The first-order chi connectivity index (χ1) is 16.7. The summed E-state index contributed by atoms with van der Waals surface area (Å²) in [5.74, 6) is -1.67. The zero-order valence-electron chi connectivity index (χ0n) is 19.2. The second kappa shape index (κ2) is 8.62. The molecule has 0 saturated carbocycles. The number of benzene rings is 1. The highest BCUT2D eigenvalue weighted by atomic mass is 19.1. The second-order valence-corrected chi connectivity index (χ2v) is 8.77. The number of hydrogen-bond donors (Lipinski definition) is 5. The van der Waals surface area contributed by atoms with Crippen LogP contribution < -0.4 is 10.6 Å². The van der Waals surface area contributed by atoms with E-state index in [9.17, 15) is 24.2 Å². The highest BCUT2D eigenvalue weighted by molar-refractivity contribution is 6.35. The largest absolute Gasteiger partial charge is 0.494 e. The van der Waals surface area contributed by atoms with Gasteiger partial charge in [0.05, 0.1) is 11.1 Å². The molecule has 0 radical (unpaired) electrons. The van der Waals surface area contributed by atoms with Crippen molar-refractivity contribution in [3.63, 3.8) is 0 Å². The second-order valence-electron chi connectivity index (χ2n) is 8.77. The Morgan fingerprint density at radius 2 is 1.97 bits per heavy atom. The number of aryl methyl sites for hydroxylation is 1. The van der Waals surface area contributed by atoms with Gasteiger partial charge in [-0.1, -0.05) is 0 Å². The van der Waals surface area contributed by atoms with Crippen molar-refractivity contribution in [3.05, 3.63) is 58.2 Å². The van der Waals surface area contributed by atoms with Crippen molar-refractivity contribution in [2.75, 3.05) is 23.8 Å². The number of hydrogen-bond acceptors (Lipinski definition) is 5. The Morgan fingerprint density at radius 1 is 1.23 bits per heavy atom. The van der Waals surface area contributed by atoms with E-state index in [1.54, 1.807) is 19.9 Å². The van der Waals surface area contributed by atoms with Crippen molar-refractivity contribution in [2.24, 2.45) is 0 Å². The maximum atomic E-state index is 13.8. The van der Waals surface area contributed by atoms with Crippen LogP contribution in [0.3, 0.4) is 0 Å². The van der Waals surface area contributed by atoms with Crippen molar-refractivity contribution < 1.29 is 28.9 Å². The molecule has 0 aliphatic carbocycles. The lowest BCUT2D eigenvalue weighted by Gasteiger charge is -2.24. The summed E-state index contributed by atoms with van der Waals surface area (Å²) in [6.07, 6.45) is 2.86. The molecule has 5 rings (SSSR count). The summed E-state index contributed by atoms with van der Waals surface area (Å²) in [5, 5.41) is 26.4. The third kappa shape index (κ3) is 3.95. The first-order valence-corrected chi connectivity index (χ1v) is 11.3. The van der Waals surface area contributed by atoms with Crippen molar-refractivity contribution >= 4 is 34.8 Å². The van der Waals surface area contributed by atoms with Crippen LogP contribution in [-0.2, 0) is 9.53 Å². The lowest BCUT2D eigenvalue weighted by atomic mass is 10.0. The highest BCUT2D eigenvalue weighted by Crippen LogP contribution is 2.39. The molecule has 35 heavy (non-hydrogen) atoms. The maximum Gasteiger partial charge on any atom is 0.257 e. The standard InChI is InChI=1S/C25H25FN4O5/c1-12-19(10-17-16-9-14(26)3-4-18(16)28-23(17)32)27-13(2)22(12)24(33)29-20-11-21(31)30(25(20)34)15-5-7-35-8-6-15/h3-4,9-11,15,27,31,34H,5-8H2,1-2H3,(H,28,32)(H,29,33). The van der Waals surface area contributed by atoms with Gasteiger partial charge in [0.1, 0.15) is 11.5 Å². The number of amides is 2. The monoisotopic (exact) mass is 480 g/mol. The lowest BCUT2D eigenvalue weighted by Crippen LogP contribution is -2.19. The van der Waals surface area contributed by atoms with E-state index in [0.29, 0.717) is 59.8 Å². The van der Waals surface area contributed by atoms with Crippen molar-refractivity contribution in [2.45, 2.75) is 32.7 Å². The molecule has 0 spiro atoms. The van der Waals surface area contributed by atoms with E-state index < -0.39 is 11.7 Å². The van der Waals surface area contributed by atoms with E-state index in [2.05, 4.69) is 15.6 Å². The topological polar surface area (TPSA) is 129 Å². The van der Waals surface area contributed by atoms with Crippen LogP contribution >= 0.6 is 0 Å². The molecule has 3 aromatic rings. The smallest absolute Gasteiger partial charge is 0.257 e. The van der Waals surface area contributed by atoms with Gasteiger partial charge in [0.15, 0.2) is 5.88 Å². The maximum absolute atomic E-state index is 13.8. The Kier molecular flexibility index (Phi) is 5.60. The summed E-state index contributed by atoms with van der Waals surface area (Å²) < 4.78 is 20.5. The van der Waals surface area contributed by atoms with Gasteiger partial charge in [0.2, 0.25) is 5.88 Å². The number of anilines is 2. The van der Waals surface area contributed by atoms with E-state index >= 15 is 0 Å². The van der Waals surface area contributed by atoms with Crippen LogP contribution in [0, 0.1) is 19.7 Å². The molecule has 0 bridgehead atoms. The molecule has 2 aromatic heterocycles. The summed E-state index contributed by atoms with van der Waals surface area (Å²) in [4.78, 5) is 28.7. The number of fused-ring (bicyclic) bond motifs is 1. The minimum atomic E-state index is -0.484. The summed E-state index contributed by atoms with van der Waals surface area (Å²) in [5.41, 5.74) is 3.35. The van der Waals surface area contributed by atoms with Crippen LogP contribution in [0.2, 0.25) is 0 Å². The van der Waals surface area contributed by atoms with Gasteiger partial charge in [-0.25, -0.2) is 4.39 Å². The molecule has 2 amide bonds. The van der Waals surface area contributed by atoms with Gasteiger partial charge >= 0.3 is 0 Å². The van der Waals surface area contributed by atoms with Gasteiger partial charge < -0.3 is 30.6 Å². The highest BCUT2D eigenvalue weighted by Gasteiger charge is 2.28.